The van der Waals surface area contributed by atoms with Gasteiger partial charge in [0.05, 0.1) is 26.7 Å². The zero-order chi connectivity index (χ0) is 34.6. The molecule has 1 fully saturated rings. The molecule has 4 heterocycles. The summed E-state index contributed by atoms with van der Waals surface area (Å²) < 4.78 is 8.06. The topological polar surface area (TPSA) is 12.7 Å². The number of aromatic nitrogens is 3. The van der Waals surface area contributed by atoms with E-state index in [0.29, 0.717) is 0 Å². The number of nitrogens with zero attached hydrogens (tertiary/aromatic N) is 4. The van der Waals surface area contributed by atoms with Crippen molar-refractivity contribution in [3.05, 3.63) is 108 Å². The zero-order valence-electron chi connectivity index (χ0n) is 31.2. The third-order valence-electron chi connectivity index (χ3n) is 11.1. The number of quaternary nitrogens is 1. The normalized spacial score (nSPS) is 14.9. The molecule has 5 aromatic rings. The highest BCUT2D eigenvalue weighted by atomic mass is 15.3. The van der Waals surface area contributed by atoms with Crippen LogP contribution in [-0.4, -0.2) is 35.7 Å². The number of hydrogen-bond donors (Lipinski definition) is 0. The van der Waals surface area contributed by atoms with E-state index in [1.54, 1.807) is 0 Å². The van der Waals surface area contributed by atoms with E-state index in [2.05, 4.69) is 145 Å². The van der Waals surface area contributed by atoms with E-state index in [9.17, 15) is 0 Å². The van der Waals surface area contributed by atoms with Crippen LogP contribution in [0, 0.1) is 0 Å². The molecule has 0 unspecified atom stereocenters. The fourth-order valence-electron chi connectivity index (χ4n) is 7.90. The highest BCUT2D eigenvalue weighted by molar-refractivity contribution is 6.09. The minimum absolute atomic E-state index is 1.07. The fraction of sp³-hybridized carbons (Fsp3) is 0.435. The molecular formula is C46H61N4+3. The van der Waals surface area contributed by atoms with Gasteiger partial charge in [-0.1, -0.05) is 81.4 Å². The van der Waals surface area contributed by atoms with Crippen molar-refractivity contribution in [1.82, 2.24) is 4.57 Å². The first-order chi connectivity index (χ1) is 24.5. The molecule has 0 amide bonds. The van der Waals surface area contributed by atoms with Crippen LogP contribution in [0.1, 0.15) is 106 Å². The van der Waals surface area contributed by atoms with Crippen LogP contribution in [0.25, 0.3) is 46.1 Å². The maximum absolute atomic E-state index is 2.58. The van der Waals surface area contributed by atoms with Crippen LogP contribution in [0.5, 0.6) is 0 Å². The lowest BCUT2D eigenvalue weighted by molar-refractivity contribution is -0.914. The number of unbranched alkanes of at least 4 members (excludes halogenated alkanes) is 9. The Morgan fingerprint density at radius 3 is 1.42 bits per heavy atom. The molecule has 1 aliphatic rings. The van der Waals surface area contributed by atoms with E-state index in [1.807, 2.05) is 0 Å². The monoisotopic (exact) mass is 669 g/mol. The molecule has 4 heteroatoms. The lowest BCUT2D eigenvalue weighted by Crippen LogP contribution is -2.48. The third kappa shape index (κ3) is 10.0. The molecule has 1 aliphatic heterocycles. The Labute approximate surface area is 302 Å². The molecule has 50 heavy (non-hydrogen) atoms. The number of likely N-dealkylation sites (tertiary alicyclic amines) is 1. The molecule has 0 atom stereocenters. The minimum atomic E-state index is 1.07. The van der Waals surface area contributed by atoms with Crippen molar-refractivity contribution in [2.45, 2.75) is 90.0 Å². The van der Waals surface area contributed by atoms with Crippen molar-refractivity contribution in [2.75, 3.05) is 26.7 Å². The van der Waals surface area contributed by atoms with E-state index in [0.717, 1.165) is 6.54 Å². The van der Waals surface area contributed by atoms with Crippen LogP contribution in [0.2, 0.25) is 0 Å². The summed E-state index contributed by atoms with van der Waals surface area (Å²) in [6.07, 6.45) is 35.4. The summed E-state index contributed by atoms with van der Waals surface area (Å²) in [6.45, 7) is 5.31. The van der Waals surface area contributed by atoms with E-state index >= 15 is 0 Å². The lowest BCUT2D eigenvalue weighted by atomic mass is 10.0. The van der Waals surface area contributed by atoms with Crippen LogP contribution in [0.3, 0.4) is 0 Å². The molecule has 0 radical (unpaired) electrons. The van der Waals surface area contributed by atoms with Gasteiger partial charge in [0, 0.05) is 52.6 Å². The first-order valence-electron chi connectivity index (χ1n) is 19.6. The quantitative estimate of drug-likeness (QED) is 0.0531. The highest BCUT2D eigenvalue weighted by Crippen LogP contribution is 2.32. The van der Waals surface area contributed by atoms with E-state index in [1.165, 1.54) is 152 Å². The van der Waals surface area contributed by atoms with Crippen molar-refractivity contribution < 1.29 is 13.6 Å². The second-order valence-corrected chi connectivity index (χ2v) is 15.4. The molecule has 0 spiro atoms. The molecule has 1 saturated heterocycles. The van der Waals surface area contributed by atoms with Crippen LogP contribution < -0.4 is 9.13 Å². The van der Waals surface area contributed by atoms with Gasteiger partial charge in [-0.25, -0.2) is 9.13 Å². The maximum atomic E-state index is 2.58. The second-order valence-electron chi connectivity index (χ2n) is 15.4. The number of fused-ring (bicyclic) bond motifs is 3. The summed E-state index contributed by atoms with van der Waals surface area (Å²) >= 11 is 0. The van der Waals surface area contributed by atoms with Gasteiger partial charge in [0.2, 0.25) is 0 Å². The van der Waals surface area contributed by atoms with Gasteiger partial charge in [-0.05, 0) is 85.0 Å². The highest BCUT2D eigenvalue weighted by Gasteiger charge is 2.23. The summed E-state index contributed by atoms with van der Waals surface area (Å²) in [6, 6.07) is 22.6. The van der Waals surface area contributed by atoms with Gasteiger partial charge in [0.15, 0.2) is 24.8 Å². The predicted octanol–water partition coefficient (Wildman–Crippen LogP) is 10.3. The average molecular weight is 670 g/mol. The number of aryl methyl sites for hydroxylation is 3. The molecule has 0 N–H and O–H groups in total. The number of pyridine rings is 2. The van der Waals surface area contributed by atoms with Gasteiger partial charge in [0.25, 0.3) is 0 Å². The van der Waals surface area contributed by atoms with Crippen molar-refractivity contribution in [1.29, 1.82) is 0 Å². The summed E-state index contributed by atoms with van der Waals surface area (Å²) in [5.74, 6) is 0. The number of hydrogen-bond acceptors (Lipinski definition) is 0. The van der Waals surface area contributed by atoms with E-state index < -0.39 is 0 Å². The van der Waals surface area contributed by atoms with Crippen LogP contribution in [0.4, 0.5) is 0 Å². The first-order valence-corrected chi connectivity index (χ1v) is 19.6. The van der Waals surface area contributed by atoms with Crippen LogP contribution in [0.15, 0.2) is 85.5 Å². The fourth-order valence-corrected chi connectivity index (χ4v) is 7.90. The molecular weight excluding hydrogens is 609 g/mol. The lowest BCUT2D eigenvalue weighted by Gasteiger charge is -2.37. The van der Waals surface area contributed by atoms with Crippen molar-refractivity contribution in [2.24, 2.45) is 14.1 Å². The number of piperidine rings is 1. The molecule has 2 aromatic carbocycles. The molecule has 4 nitrogen and oxygen atoms in total. The first kappa shape index (κ1) is 35.8. The smallest absolute Gasteiger partial charge is 0.169 e. The third-order valence-corrected chi connectivity index (χ3v) is 11.1. The van der Waals surface area contributed by atoms with E-state index in [-0.39, 0.29) is 0 Å². The summed E-state index contributed by atoms with van der Waals surface area (Å²) in [4.78, 5) is 0. The van der Waals surface area contributed by atoms with Gasteiger partial charge in [-0.15, -0.1) is 0 Å². The predicted molar refractivity (Wildman–Crippen MR) is 213 cm³/mol. The SMILES string of the molecule is C[n+]1ccc(/C=C/c2ccc3c(c2)c2cc(/C=C/c4cc[n+](C)cc4)ccc2n3CCCCCCCCCCCC[N+]2(C)CCCCC2)cc1. The molecule has 0 bridgehead atoms. The standard InChI is InChI=1S/C46H61N4/c1-47-30-25-39(26-31-47)17-19-41-21-23-45-43(37-41)44-38-42(20-18-40-27-32-48(2)33-28-40)22-24-46(44)49(45)29-13-10-8-6-4-5-7-9-11-14-34-50(3)35-15-12-16-36-50/h17-28,30-33,37-38H,4-16,29,34-36H2,1-3H3/q+3. The minimum Gasteiger partial charge on any atom is -0.340 e. The van der Waals surface area contributed by atoms with Gasteiger partial charge in [-0.3, -0.25) is 0 Å². The molecule has 0 aliphatic carbocycles. The number of rotatable bonds is 17. The average Bonchev–Trinajstić information content (AvgIpc) is 3.43. The molecule has 262 valence electrons. The molecule has 3 aromatic heterocycles. The largest absolute Gasteiger partial charge is 0.340 e. The molecule has 6 rings (SSSR count). The molecule has 0 saturated carbocycles. The summed E-state index contributed by atoms with van der Waals surface area (Å²) in [5, 5.41) is 2.69. The number of benzene rings is 2. The van der Waals surface area contributed by atoms with Gasteiger partial charge in [-0.2, -0.15) is 0 Å². The van der Waals surface area contributed by atoms with Crippen molar-refractivity contribution in [3.8, 4) is 0 Å². The summed E-state index contributed by atoms with van der Waals surface area (Å²) in [5.41, 5.74) is 7.59. The Hall–Kier alpha value is -4.02. The van der Waals surface area contributed by atoms with E-state index in [4.69, 9.17) is 0 Å². The maximum Gasteiger partial charge on any atom is 0.169 e. The van der Waals surface area contributed by atoms with Gasteiger partial charge in [0.1, 0.15) is 14.1 Å². The Kier molecular flexibility index (Phi) is 12.7. The van der Waals surface area contributed by atoms with Crippen molar-refractivity contribution in [3.63, 3.8) is 0 Å². The van der Waals surface area contributed by atoms with Crippen LogP contribution in [-0.2, 0) is 20.6 Å². The second kappa shape index (κ2) is 17.8. The Bertz CT molecular complexity index is 1740. The Balaban J connectivity index is 1.05. The van der Waals surface area contributed by atoms with Gasteiger partial charge < -0.3 is 9.05 Å². The zero-order valence-corrected chi connectivity index (χ0v) is 31.2. The van der Waals surface area contributed by atoms with Crippen LogP contribution >= 0.6 is 0 Å². The Morgan fingerprint density at radius 2 is 0.940 bits per heavy atom. The van der Waals surface area contributed by atoms with Gasteiger partial charge >= 0.3 is 0 Å². The van der Waals surface area contributed by atoms with Crippen molar-refractivity contribution >= 4 is 46.1 Å². The summed E-state index contributed by atoms with van der Waals surface area (Å²) in [7, 11) is 6.60. The Morgan fingerprint density at radius 1 is 0.520 bits per heavy atom.